The molecule has 100 valence electrons. The van der Waals surface area contributed by atoms with E-state index in [0.717, 1.165) is 5.56 Å². The second-order valence-corrected chi connectivity index (χ2v) is 4.57. The van der Waals surface area contributed by atoms with Crippen molar-refractivity contribution in [3.63, 3.8) is 0 Å². The van der Waals surface area contributed by atoms with Crippen molar-refractivity contribution in [2.45, 2.75) is 0 Å². The zero-order valence-electron chi connectivity index (χ0n) is 10.2. The SMILES string of the molecule is Nc1noc(-c2ccc(Cl)cc2F)c1-c1ccncc1. The molecule has 1 aromatic carbocycles. The van der Waals surface area contributed by atoms with Gasteiger partial charge in [-0.1, -0.05) is 16.8 Å². The topological polar surface area (TPSA) is 64.9 Å². The van der Waals surface area contributed by atoms with Crippen molar-refractivity contribution in [1.29, 1.82) is 0 Å². The zero-order chi connectivity index (χ0) is 14.1. The van der Waals surface area contributed by atoms with Gasteiger partial charge >= 0.3 is 0 Å². The van der Waals surface area contributed by atoms with Gasteiger partial charge in [0.15, 0.2) is 11.6 Å². The molecule has 0 saturated heterocycles. The molecule has 0 saturated carbocycles. The summed E-state index contributed by atoms with van der Waals surface area (Å²) in [5.74, 6) is -0.0348. The smallest absolute Gasteiger partial charge is 0.179 e. The lowest BCUT2D eigenvalue weighted by Crippen LogP contribution is -1.90. The summed E-state index contributed by atoms with van der Waals surface area (Å²) >= 11 is 5.75. The lowest BCUT2D eigenvalue weighted by molar-refractivity contribution is 0.433. The predicted molar refractivity (Wildman–Crippen MR) is 74.6 cm³/mol. The van der Waals surface area contributed by atoms with Gasteiger partial charge in [0.2, 0.25) is 0 Å². The van der Waals surface area contributed by atoms with Gasteiger partial charge < -0.3 is 10.3 Å². The highest BCUT2D eigenvalue weighted by Crippen LogP contribution is 2.37. The molecule has 6 heteroatoms. The molecule has 0 radical (unpaired) electrons. The van der Waals surface area contributed by atoms with Crippen LogP contribution in [0.1, 0.15) is 0 Å². The van der Waals surface area contributed by atoms with Crippen molar-refractivity contribution in [2.75, 3.05) is 5.73 Å². The van der Waals surface area contributed by atoms with Gasteiger partial charge in [0, 0.05) is 17.4 Å². The van der Waals surface area contributed by atoms with E-state index in [4.69, 9.17) is 21.9 Å². The van der Waals surface area contributed by atoms with Crippen LogP contribution in [-0.4, -0.2) is 10.1 Å². The summed E-state index contributed by atoms with van der Waals surface area (Å²) < 4.78 is 19.2. The fourth-order valence-electron chi connectivity index (χ4n) is 1.96. The molecule has 0 aliphatic rings. The number of rotatable bonds is 2. The molecule has 2 heterocycles. The van der Waals surface area contributed by atoms with Crippen LogP contribution in [0, 0.1) is 5.82 Å². The first-order valence-corrected chi connectivity index (χ1v) is 6.15. The molecule has 0 spiro atoms. The molecule has 3 aromatic rings. The molecule has 0 aliphatic carbocycles. The number of pyridine rings is 1. The molecule has 0 aliphatic heterocycles. The Balaban J connectivity index is 2.21. The van der Waals surface area contributed by atoms with Gasteiger partial charge in [0.05, 0.1) is 11.1 Å². The van der Waals surface area contributed by atoms with E-state index in [-0.39, 0.29) is 17.1 Å². The summed E-state index contributed by atoms with van der Waals surface area (Å²) in [4.78, 5) is 3.93. The Hall–Kier alpha value is -2.40. The number of hydrogen-bond acceptors (Lipinski definition) is 4. The number of hydrogen-bond donors (Lipinski definition) is 1. The summed E-state index contributed by atoms with van der Waals surface area (Å²) in [7, 11) is 0. The second-order valence-electron chi connectivity index (χ2n) is 4.13. The van der Waals surface area contributed by atoms with Crippen molar-refractivity contribution < 1.29 is 8.91 Å². The van der Waals surface area contributed by atoms with E-state index in [1.54, 1.807) is 30.6 Å². The first kappa shape index (κ1) is 12.6. The average Bonchev–Trinajstić information content (AvgIpc) is 2.81. The number of halogens is 2. The first-order chi connectivity index (χ1) is 9.66. The van der Waals surface area contributed by atoms with Crippen LogP contribution in [-0.2, 0) is 0 Å². The average molecular weight is 290 g/mol. The largest absolute Gasteiger partial charge is 0.380 e. The van der Waals surface area contributed by atoms with Crippen molar-refractivity contribution in [2.24, 2.45) is 0 Å². The number of aromatic nitrogens is 2. The Morgan fingerprint density at radius 3 is 2.60 bits per heavy atom. The molecule has 2 N–H and O–H groups in total. The van der Waals surface area contributed by atoms with Crippen molar-refractivity contribution in [3.8, 4) is 22.5 Å². The van der Waals surface area contributed by atoms with Crippen LogP contribution < -0.4 is 5.73 Å². The summed E-state index contributed by atoms with van der Waals surface area (Å²) in [6, 6.07) is 7.82. The van der Waals surface area contributed by atoms with Crippen LogP contribution in [0.15, 0.2) is 47.2 Å². The maximum Gasteiger partial charge on any atom is 0.179 e. The van der Waals surface area contributed by atoms with Crippen LogP contribution in [0.4, 0.5) is 10.2 Å². The van der Waals surface area contributed by atoms with Crippen LogP contribution in [0.3, 0.4) is 0 Å². The molecule has 0 bridgehead atoms. The molecule has 0 fully saturated rings. The van der Waals surface area contributed by atoms with Gasteiger partial charge in [0.1, 0.15) is 5.82 Å². The number of nitrogen functional groups attached to an aromatic ring is 1. The summed E-state index contributed by atoms with van der Waals surface area (Å²) in [6.45, 7) is 0. The van der Waals surface area contributed by atoms with E-state index >= 15 is 0 Å². The Bertz CT molecular complexity index is 758. The maximum atomic E-state index is 14.0. The van der Waals surface area contributed by atoms with E-state index in [0.29, 0.717) is 10.6 Å². The lowest BCUT2D eigenvalue weighted by Gasteiger charge is -2.04. The van der Waals surface area contributed by atoms with Gasteiger partial charge in [-0.3, -0.25) is 4.98 Å². The van der Waals surface area contributed by atoms with Gasteiger partial charge in [-0.2, -0.15) is 0 Å². The second kappa shape index (κ2) is 4.94. The number of benzene rings is 1. The van der Waals surface area contributed by atoms with E-state index in [2.05, 4.69) is 10.1 Å². The minimum Gasteiger partial charge on any atom is -0.380 e. The monoisotopic (exact) mass is 289 g/mol. The van der Waals surface area contributed by atoms with Gasteiger partial charge in [-0.15, -0.1) is 0 Å². The molecular weight excluding hydrogens is 281 g/mol. The van der Waals surface area contributed by atoms with Crippen LogP contribution >= 0.6 is 11.6 Å². The van der Waals surface area contributed by atoms with Gasteiger partial charge in [-0.25, -0.2) is 4.39 Å². The van der Waals surface area contributed by atoms with Crippen LogP contribution in [0.2, 0.25) is 5.02 Å². The Morgan fingerprint density at radius 1 is 1.15 bits per heavy atom. The van der Waals surface area contributed by atoms with Crippen LogP contribution in [0.25, 0.3) is 22.5 Å². The minimum atomic E-state index is -0.496. The summed E-state index contributed by atoms with van der Waals surface area (Å²) in [5.41, 5.74) is 7.36. The first-order valence-electron chi connectivity index (χ1n) is 5.78. The standard InChI is InChI=1S/C14H9ClFN3O/c15-9-1-2-10(11(16)7-9)13-12(14(17)19-20-13)8-3-5-18-6-4-8/h1-7H,(H2,17,19). The predicted octanol–water partition coefficient (Wildman–Crippen LogP) is 3.78. The van der Waals surface area contributed by atoms with Gasteiger partial charge in [0.25, 0.3) is 0 Å². The van der Waals surface area contributed by atoms with Gasteiger partial charge in [-0.05, 0) is 35.9 Å². The minimum absolute atomic E-state index is 0.195. The highest BCUT2D eigenvalue weighted by molar-refractivity contribution is 6.30. The lowest BCUT2D eigenvalue weighted by atomic mass is 10.0. The molecular formula is C14H9ClFN3O. The van der Waals surface area contributed by atoms with Crippen molar-refractivity contribution in [1.82, 2.24) is 10.1 Å². The zero-order valence-corrected chi connectivity index (χ0v) is 10.9. The summed E-state index contributed by atoms with van der Waals surface area (Å²) in [5, 5.41) is 4.03. The summed E-state index contributed by atoms with van der Waals surface area (Å²) in [6.07, 6.45) is 3.23. The molecule has 0 amide bonds. The normalized spacial score (nSPS) is 10.7. The highest BCUT2D eigenvalue weighted by Gasteiger charge is 2.20. The molecule has 0 unspecified atom stereocenters. The third kappa shape index (κ3) is 2.12. The number of nitrogens with zero attached hydrogens (tertiary/aromatic N) is 2. The molecule has 3 rings (SSSR count). The fourth-order valence-corrected chi connectivity index (χ4v) is 2.12. The van der Waals surface area contributed by atoms with Crippen molar-refractivity contribution in [3.05, 3.63) is 53.6 Å². The number of nitrogens with two attached hydrogens (primary N) is 1. The Kier molecular flexibility index (Phi) is 3.12. The fraction of sp³-hybridized carbons (Fsp3) is 0. The van der Waals surface area contributed by atoms with Crippen LogP contribution in [0.5, 0.6) is 0 Å². The van der Waals surface area contributed by atoms with E-state index in [1.807, 2.05) is 0 Å². The quantitative estimate of drug-likeness (QED) is 0.780. The molecule has 4 nitrogen and oxygen atoms in total. The Morgan fingerprint density at radius 2 is 1.90 bits per heavy atom. The van der Waals surface area contributed by atoms with E-state index in [1.165, 1.54) is 12.1 Å². The van der Waals surface area contributed by atoms with E-state index < -0.39 is 5.82 Å². The van der Waals surface area contributed by atoms with E-state index in [9.17, 15) is 4.39 Å². The highest BCUT2D eigenvalue weighted by atomic mass is 35.5. The maximum absolute atomic E-state index is 14.0. The number of anilines is 1. The molecule has 0 atom stereocenters. The van der Waals surface area contributed by atoms with Crippen molar-refractivity contribution >= 4 is 17.4 Å². The third-order valence-corrected chi connectivity index (χ3v) is 3.10. The Labute approximate surface area is 119 Å². The molecule has 20 heavy (non-hydrogen) atoms. The third-order valence-electron chi connectivity index (χ3n) is 2.86. The molecule has 2 aromatic heterocycles.